The molecule has 31 heavy (non-hydrogen) atoms. The lowest BCUT2D eigenvalue weighted by Crippen LogP contribution is -2.44. The van der Waals surface area contributed by atoms with Gasteiger partial charge in [0.05, 0.1) is 17.1 Å². The summed E-state index contributed by atoms with van der Waals surface area (Å²) in [5.41, 5.74) is 7.44. The third-order valence-electron chi connectivity index (χ3n) is 6.76. The number of benzene rings is 3. The molecule has 2 atom stereocenters. The molecule has 3 aromatic rings. The molecule has 0 aliphatic carbocycles. The molecule has 4 heteroatoms. The topological polar surface area (TPSA) is 27.6 Å². The quantitative estimate of drug-likeness (QED) is 0.552. The van der Waals surface area contributed by atoms with Crippen molar-refractivity contribution in [3.63, 3.8) is 0 Å². The zero-order valence-corrected chi connectivity index (χ0v) is 18.4. The molecule has 1 N–H and O–H groups in total. The lowest BCUT2D eigenvalue weighted by molar-refractivity contribution is 0.403. The molecule has 156 valence electrons. The van der Waals surface area contributed by atoms with Gasteiger partial charge in [-0.25, -0.2) is 4.99 Å². The zero-order chi connectivity index (χ0) is 20.6. The summed E-state index contributed by atoms with van der Waals surface area (Å²) in [6.07, 6.45) is 2.49. The van der Waals surface area contributed by atoms with E-state index in [0.29, 0.717) is 12.0 Å². The van der Waals surface area contributed by atoms with Gasteiger partial charge < -0.3 is 10.2 Å². The minimum atomic E-state index is 0.577. The van der Waals surface area contributed by atoms with Gasteiger partial charge in [0, 0.05) is 41.1 Å². The fourth-order valence-electron chi connectivity index (χ4n) is 5.39. The summed E-state index contributed by atoms with van der Waals surface area (Å²) in [6, 6.07) is 26.5. The van der Waals surface area contributed by atoms with E-state index in [2.05, 4.69) is 83.0 Å². The Kier molecular flexibility index (Phi) is 5.05. The molecule has 6 rings (SSSR count). The molecule has 3 aliphatic rings. The molecule has 0 amide bonds. The average molecular weight is 426 g/mol. The largest absolute Gasteiger partial charge is 0.367 e. The van der Waals surface area contributed by atoms with Gasteiger partial charge in [-0.1, -0.05) is 60.7 Å². The second kappa shape index (κ2) is 8.18. The lowest BCUT2D eigenvalue weighted by Gasteiger charge is -2.33. The lowest BCUT2D eigenvalue weighted by atomic mass is 9.90. The van der Waals surface area contributed by atoms with Crippen LogP contribution < -0.4 is 10.2 Å². The number of hydrogen-bond donors (Lipinski definition) is 1. The maximum Gasteiger partial charge on any atom is 0.0781 e. The molecular weight excluding hydrogens is 398 g/mol. The van der Waals surface area contributed by atoms with E-state index in [1.807, 2.05) is 11.8 Å². The van der Waals surface area contributed by atoms with Gasteiger partial charge in [0.1, 0.15) is 0 Å². The molecular formula is C27H27N3S. The number of piperidine rings is 1. The number of nitrogens with zero attached hydrogens (tertiary/aromatic N) is 2. The van der Waals surface area contributed by atoms with Crippen LogP contribution in [-0.4, -0.2) is 37.1 Å². The van der Waals surface area contributed by atoms with Crippen molar-refractivity contribution < 1.29 is 0 Å². The highest BCUT2D eigenvalue weighted by Crippen LogP contribution is 2.51. The number of fused-ring (bicyclic) bond motifs is 3. The third-order valence-corrected chi connectivity index (χ3v) is 7.87. The van der Waals surface area contributed by atoms with Crippen molar-refractivity contribution in [1.82, 2.24) is 5.32 Å². The molecule has 0 saturated carbocycles. The van der Waals surface area contributed by atoms with E-state index in [1.54, 1.807) is 0 Å². The van der Waals surface area contributed by atoms with Gasteiger partial charge in [-0.3, -0.25) is 0 Å². The van der Waals surface area contributed by atoms with Gasteiger partial charge in [0.15, 0.2) is 0 Å². The highest BCUT2D eigenvalue weighted by Gasteiger charge is 2.41. The van der Waals surface area contributed by atoms with Gasteiger partial charge in [0.2, 0.25) is 0 Å². The number of aliphatic imine (C=N–C) groups is 1. The van der Waals surface area contributed by atoms with Gasteiger partial charge >= 0.3 is 0 Å². The first-order chi connectivity index (χ1) is 15.4. The van der Waals surface area contributed by atoms with E-state index in [9.17, 15) is 0 Å². The fraction of sp³-hybridized carbons (Fsp3) is 0.296. The maximum atomic E-state index is 5.27. The van der Waals surface area contributed by atoms with Crippen LogP contribution in [0.15, 0.2) is 82.7 Å². The van der Waals surface area contributed by atoms with Gasteiger partial charge in [-0.15, -0.1) is 11.8 Å². The third kappa shape index (κ3) is 3.48. The summed E-state index contributed by atoms with van der Waals surface area (Å²) < 4.78 is 0. The number of hydrogen-bond acceptors (Lipinski definition) is 4. The Morgan fingerprint density at radius 1 is 0.968 bits per heavy atom. The highest BCUT2D eigenvalue weighted by atomic mass is 32.2. The zero-order valence-electron chi connectivity index (χ0n) is 17.6. The number of thioether (sulfide) groups is 1. The molecule has 0 unspecified atom stereocenters. The molecule has 1 fully saturated rings. The van der Waals surface area contributed by atoms with Crippen molar-refractivity contribution in [3.8, 4) is 0 Å². The van der Waals surface area contributed by atoms with Crippen molar-refractivity contribution in [3.05, 3.63) is 89.5 Å². The predicted octanol–water partition coefficient (Wildman–Crippen LogP) is 5.62. The maximum absolute atomic E-state index is 5.27. The molecule has 3 heterocycles. The Balaban J connectivity index is 1.51. The van der Waals surface area contributed by atoms with E-state index >= 15 is 0 Å². The van der Waals surface area contributed by atoms with Gasteiger partial charge in [-0.05, 0) is 42.8 Å². The monoisotopic (exact) mass is 425 g/mol. The Bertz CT molecular complexity index is 1070. The summed E-state index contributed by atoms with van der Waals surface area (Å²) >= 11 is 2.01. The first-order valence-corrected chi connectivity index (χ1v) is 12.3. The van der Waals surface area contributed by atoms with Crippen molar-refractivity contribution in [2.24, 2.45) is 4.99 Å². The second-order valence-corrected chi connectivity index (χ2v) is 9.77. The molecule has 0 aromatic heterocycles. The molecule has 3 nitrogen and oxygen atoms in total. The molecule has 0 bridgehead atoms. The molecule has 0 spiro atoms. The van der Waals surface area contributed by atoms with Crippen LogP contribution in [-0.2, 0) is 0 Å². The van der Waals surface area contributed by atoms with Crippen molar-refractivity contribution in [1.29, 1.82) is 0 Å². The molecule has 0 radical (unpaired) electrons. The van der Waals surface area contributed by atoms with Gasteiger partial charge in [0.25, 0.3) is 0 Å². The van der Waals surface area contributed by atoms with E-state index in [4.69, 9.17) is 4.99 Å². The van der Waals surface area contributed by atoms with Crippen LogP contribution in [0.1, 0.15) is 35.4 Å². The van der Waals surface area contributed by atoms with Gasteiger partial charge in [-0.2, -0.15) is 0 Å². The summed E-state index contributed by atoms with van der Waals surface area (Å²) in [4.78, 5) is 9.41. The molecule has 3 aliphatic heterocycles. The average Bonchev–Trinajstić information content (AvgIpc) is 2.99. The van der Waals surface area contributed by atoms with Crippen LogP contribution in [0.2, 0.25) is 0 Å². The minimum Gasteiger partial charge on any atom is -0.367 e. The van der Waals surface area contributed by atoms with Crippen LogP contribution in [0.5, 0.6) is 0 Å². The van der Waals surface area contributed by atoms with E-state index in [1.165, 1.54) is 41.3 Å². The second-order valence-electron chi connectivity index (χ2n) is 8.64. The van der Waals surface area contributed by atoms with E-state index in [-0.39, 0.29) is 0 Å². The number of anilines is 1. The summed E-state index contributed by atoms with van der Waals surface area (Å²) in [5.74, 6) is 1.77. The first-order valence-electron chi connectivity index (χ1n) is 11.4. The smallest absolute Gasteiger partial charge is 0.0781 e. The Hall–Kier alpha value is -2.56. The fourth-order valence-corrected chi connectivity index (χ4v) is 6.46. The van der Waals surface area contributed by atoms with Crippen molar-refractivity contribution >= 4 is 28.8 Å². The Morgan fingerprint density at radius 3 is 2.45 bits per heavy atom. The highest BCUT2D eigenvalue weighted by molar-refractivity contribution is 7.99. The van der Waals surface area contributed by atoms with Crippen LogP contribution in [0.25, 0.3) is 0 Å². The van der Waals surface area contributed by atoms with Crippen molar-refractivity contribution in [2.75, 3.05) is 30.3 Å². The van der Waals surface area contributed by atoms with Crippen LogP contribution in [0.3, 0.4) is 0 Å². The normalized spacial score (nSPS) is 21.7. The van der Waals surface area contributed by atoms with Crippen LogP contribution >= 0.6 is 11.8 Å². The standard InChI is InChI=1S/C27H27N3S/c1-3-8-19(9-4-1)26(20-10-5-2-6-11-20)29-21-16-22-23-18-28-13-12-24(23)30-14-7-15-31-25(17-21)27(22)30/h1-6,8-11,16-17,23-24,28H,7,12-15,18H2/t23-,24-/m0/s1. The first kappa shape index (κ1) is 19.1. The SMILES string of the molecule is c1ccc(C(=Nc2cc3c4c(c2)[C@@H]2CNCC[C@@H]2N4CCCS3)c2ccccc2)cc1. The van der Waals surface area contributed by atoms with E-state index < -0.39 is 0 Å². The van der Waals surface area contributed by atoms with Crippen LogP contribution in [0, 0.1) is 0 Å². The number of nitrogens with one attached hydrogen (secondary N) is 1. The molecule has 1 saturated heterocycles. The number of rotatable bonds is 3. The predicted molar refractivity (Wildman–Crippen MR) is 131 cm³/mol. The van der Waals surface area contributed by atoms with E-state index in [0.717, 1.165) is 35.6 Å². The van der Waals surface area contributed by atoms with Crippen molar-refractivity contribution in [2.45, 2.75) is 29.7 Å². The summed E-state index contributed by atoms with van der Waals surface area (Å²) in [7, 11) is 0. The van der Waals surface area contributed by atoms with Crippen LogP contribution in [0.4, 0.5) is 11.4 Å². The molecule has 3 aromatic carbocycles. The Labute approximate surface area is 188 Å². The summed E-state index contributed by atoms with van der Waals surface area (Å²) in [6.45, 7) is 3.40. The Morgan fingerprint density at radius 2 is 1.71 bits per heavy atom. The minimum absolute atomic E-state index is 0.577. The summed E-state index contributed by atoms with van der Waals surface area (Å²) in [5, 5.41) is 3.64.